The number of hydrogen-bond donors (Lipinski definition) is 1. The normalized spacial score (nSPS) is 26.3. The molecule has 164 valence electrons. The van der Waals surface area contributed by atoms with Crippen LogP contribution in [0.4, 0.5) is 0 Å². The first-order valence-corrected chi connectivity index (χ1v) is 12.0. The minimum absolute atomic E-state index is 0.207. The third-order valence-electron chi connectivity index (χ3n) is 7.75. The second kappa shape index (κ2) is 9.95. The van der Waals surface area contributed by atoms with E-state index in [2.05, 4.69) is 40.1 Å². The molecule has 0 radical (unpaired) electrons. The van der Waals surface area contributed by atoms with Crippen LogP contribution in [0.15, 0.2) is 30.3 Å². The van der Waals surface area contributed by atoms with E-state index in [0.717, 1.165) is 51.9 Å². The zero-order valence-electron chi connectivity index (χ0n) is 18.2. The molecule has 5 heteroatoms. The number of nitrogens with zero attached hydrogens (tertiary/aromatic N) is 2. The largest absolute Gasteiger partial charge is 0.370 e. The number of piperidine rings is 1. The summed E-state index contributed by atoms with van der Waals surface area (Å²) in [6.45, 7) is 3.99. The maximum atomic E-state index is 13.6. The van der Waals surface area contributed by atoms with Gasteiger partial charge in [-0.3, -0.25) is 9.59 Å². The van der Waals surface area contributed by atoms with Crippen LogP contribution in [0.3, 0.4) is 0 Å². The zero-order valence-corrected chi connectivity index (χ0v) is 18.2. The van der Waals surface area contributed by atoms with Gasteiger partial charge in [0, 0.05) is 38.0 Å². The number of rotatable bonds is 7. The third kappa shape index (κ3) is 5.05. The van der Waals surface area contributed by atoms with E-state index in [9.17, 15) is 9.59 Å². The summed E-state index contributed by atoms with van der Waals surface area (Å²) in [7, 11) is 0. The van der Waals surface area contributed by atoms with E-state index < -0.39 is 0 Å². The summed E-state index contributed by atoms with van der Waals surface area (Å²) in [5.74, 6) is 0.611. The van der Waals surface area contributed by atoms with Crippen molar-refractivity contribution in [3.8, 4) is 0 Å². The highest BCUT2D eigenvalue weighted by Crippen LogP contribution is 2.37. The molecule has 3 aliphatic rings. The number of likely N-dealkylation sites (tertiary alicyclic amines) is 2. The molecule has 1 aliphatic carbocycles. The molecule has 1 saturated carbocycles. The van der Waals surface area contributed by atoms with E-state index in [0.29, 0.717) is 17.9 Å². The number of carbonyl (C=O) groups is 2. The van der Waals surface area contributed by atoms with Crippen LogP contribution in [0.2, 0.25) is 0 Å². The molecule has 1 aromatic carbocycles. The summed E-state index contributed by atoms with van der Waals surface area (Å²) in [6.07, 6.45) is 9.28. The molecule has 0 unspecified atom stereocenters. The van der Waals surface area contributed by atoms with E-state index in [-0.39, 0.29) is 24.2 Å². The molecule has 0 spiro atoms. The Kier molecular flexibility index (Phi) is 7.08. The van der Waals surface area contributed by atoms with Gasteiger partial charge in [0.1, 0.15) is 0 Å². The molecule has 2 aliphatic heterocycles. The summed E-state index contributed by atoms with van der Waals surface area (Å²) >= 11 is 0. The standard InChI is InChI=1S/C25H37N3O2/c26-24(29)17-22(20-9-5-2-6-10-20)25(30)28-16-13-21-12-15-27(18-23(21)28)14-11-19-7-3-1-4-8-19/h1,3-4,7-8,20-23H,2,5-6,9-18H2,(H2,26,29)/t21-,22-,23-/m0/s1. The summed E-state index contributed by atoms with van der Waals surface area (Å²) in [6, 6.07) is 11.0. The molecular formula is C25H37N3O2. The Hall–Kier alpha value is -1.88. The average Bonchev–Trinajstić information content (AvgIpc) is 3.20. The van der Waals surface area contributed by atoms with Crippen molar-refractivity contribution >= 4 is 11.8 Å². The lowest BCUT2D eigenvalue weighted by molar-refractivity contribution is -0.142. The van der Waals surface area contributed by atoms with Crippen molar-refractivity contribution < 1.29 is 9.59 Å². The number of hydrogen-bond acceptors (Lipinski definition) is 3. The van der Waals surface area contributed by atoms with Gasteiger partial charge in [-0.05, 0) is 56.0 Å². The first-order valence-electron chi connectivity index (χ1n) is 12.0. The zero-order chi connectivity index (χ0) is 20.9. The fourth-order valence-corrected chi connectivity index (χ4v) is 6.04. The number of fused-ring (bicyclic) bond motifs is 1. The molecule has 0 bridgehead atoms. The van der Waals surface area contributed by atoms with Gasteiger partial charge in [-0.15, -0.1) is 0 Å². The van der Waals surface area contributed by atoms with E-state index in [1.165, 1.54) is 31.2 Å². The van der Waals surface area contributed by atoms with E-state index >= 15 is 0 Å². The molecule has 2 N–H and O–H groups in total. The van der Waals surface area contributed by atoms with Crippen molar-refractivity contribution in [2.24, 2.45) is 23.5 Å². The predicted molar refractivity (Wildman–Crippen MR) is 119 cm³/mol. The van der Waals surface area contributed by atoms with Gasteiger partial charge in [-0.2, -0.15) is 0 Å². The highest BCUT2D eigenvalue weighted by molar-refractivity contribution is 5.85. The lowest BCUT2D eigenvalue weighted by atomic mass is 9.77. The minimum Gasteiger partial charge on any atom is -0.370 e. The highest BCUT2D eigenvalue weighted by Gasteiger charge is 2.43. The van der Waals surface area contributed by atoms with Crippen LogP contribution in [0.1, 0.15) is 56.9 Å². The van der Waals surface area contributed by atoms with Gasteiger partial charge < -0.3 is 15.5 Å². The lowest BCUT2D eigenvalue weighted by Gasteiger charge is -2.40. The number of primary amides is 1. The van der Waals surface area contributed by atoms with Crippen LogP contribution >= 0.6 is 0 Å². The molecule has 3 atom stereocenters. The predicted octanol–water partition coefficient (Wildman–Crippen LogP) is 3.22. The molecule has 2 heterocycles. The Morgan fingerprint density at radius 2 is 1.73 bits per heavy atom. The van der Waals surface area contributed by atoms with Crippen LogP contribution in [0.25, 0.3) is 0 Å². The smallest absolute Gasteiger partial charge is 0.226 e. The fraction of sp³-hybridized carbons (Fsp3) is 0.680. The summed E-state index contributed by atoms with van der Waals surface area (Å²) in [4.78, 5) is 30.1. The first kappa shape index (κ1) is 21.4. The Balaban J connectivity index is 1.40. The average molecular weight is 412 g/mol. The van der Waals surface area contributed by atoms with E-state index in [1.807, 2.05) is 0 Å². The molecule has 5 nitrogen and oxygen atoms in total. The minimum atomic E-state index is -0.331. The fourth-order valence-electron chi connectivity index (χ4n) is 6.04. The van der Waals surface area contributed by atoms with Gasteiger partial charge >= 0.3 is 0 Å². The Morgan fingerprint density at radius 1 is 1.00 bits per heavy atom. The number of nitrogens with two attached hydrogens (primary N) is 1. The van der Waals surface area contributed by atoms with Crippen LogP contribution in [0.5, 0.6) is 0 Å². The number of amides is 2. The van der Waals surface area contributed by atoms with Crippen LogP contribution in [-0.4, -0.2) is 53.8 Å². The van der Waals surface area contributed by atoms with Gasteiger partial charge in [0.15, 0.2) is 0 Å². The van der Waals surface area contributed by atoms with Gasteiger partial charge in [-0.1, -0.05) is 49.6 Å². The molecule has 4 rings (SSSR count). The first-order chi connectivity index (χ1) is 14.6. The van der Waals surface area contributed by atoms with Crippen molar-refractivity contribution in [3.63, 3.8) is 0 Å². The van der Waals surface area contributed by atoms with Crippen molar-refractivity contribution in [2.45, 2.75) is 63.8 Å². The van der Waals surface area contributed by atoms with Crippen LogP contribution < -0.4 is 5.73 Å². The Bertz CT molecular complexity index is 716. The molecule has 0 aromatic heterocycles. The van der Waals surface area contributed by atoms with Crippen molar-refractivity contribution in [2.75, 3.05) is 26.2 Å². The highest BCUT2D eigenvalue weighted by atomic mass is 16.2. The third-order valence-corrected chi connectivity index (χ3v) is 7.75. The van der Waals surface area contributed by atoms with Gasteiger partial charge in [0.25, 0.3) is 0 Å². The topological polar surface area (TPSA) is 66.6 Å². The molecule has 3 fully saturated rings. The SMILES string of the molecule is NC(=O)C[C@H](C(=O)N1CC[C@@H]2CCN(CCc3ccccc3)C[C@@H]21)C1CCCCC1. The molecule has 30 heavy (non-hydrogen) atoms. The summed E-state index contributed by atoms with van der Waals surface area (Å²) in [5.41, 5.74) is 6.94. The molecule has 2 saturated heterocycles. The number of carbonyl (C=O) groups excluding carboxylic acids is 2. The van der Waals surface area contributed by atoms with Crippen molar-refractivity contribution in [3.05, 3.63) is 35.9 Å². The monoisotopic (exact) mass is 411 g/mol. The van der Waals surface area contributed by atoms with Crippen LogP contribution in [-0.2, 0) is 16.0 Å². The van der Waals surface area contributed by atoms with Crippen LogP contribution in [0, 0.1) is 17.8 Å². The Morgan fingerprint density at radius 3 is 2.47 bits per heavy atom. The number of benzene rings is 1. The summed E-state index contributed by atoms with van der Waals surface area (Å²) < 4.78 is 0. The van der Waals surface area contributed by atoms with E-state index in [1.54, 1.807) is 0 Å². The second-order valence-electron chi connectivity index (χ2n) is 9.65. The summed E-state index contributed by atoms with van der Waals surface area (Å²) in [5, 5.41) is 0. The van der Waals surface area contributed by atoms with Crippen molar-refractivity contribution in [1.29, 1.82) is 0 Å². The Labute approximate surface area is 181 Å². The molecular weight excluding hydrogens is 374 g/mol. The second-order valence-corrected chi connectivity index (χ2v) is 9.65. The van der Waals surface area contributed by atoms with Gasteiger partial charge in [0.05, 0.1) is 0 Å². The van der Waals surface area contributed by atoms with E-state index in [4.69, 9.17) is 5.73 Å². The van der Waals surface area contributed by atoms with Gasteiger partial charge in [-0.25, -0.2) is 0 Å². The van der Waals surface area contributed by atoms with Crippen molar-refractivity contribution in [1.82, 2.24) is 9.80 Å². The molecule has 2 amide bonds. The lowest BCUT2D eigenvalue weighted by Crippen LogP contribution is -2.52. The van der Waals surface area contributed by atoms with Gasteiger partial charge in [0.2, 0.25) is 11.8 Å². The quantitative estimate of drug-likeness (QED) is 0.749. The maximum Gasteiger partial charge on any atom is 0.226 e. The molecule has 1 aromatic rings. The maximum absolute atomic E-state index is 13.6.